The van der Waals surface area contributed by atoms with Crippen LogP contribution in [-0.4, -0.2) is 60.8 Å². The van der Waals surface area contributed by atoms with Crippen LogP contribution in [0.4, 0.5) is 0 Å². The highest BCUT2D eigenvalue weighted by Crippen LogP contribution is 2.25. The third-order valence-corrected chi connectivity index (χ3v) is 7.36. The predicted molar refractivity (Wildman–Crippen MR) is 125 cm³/mol. The summed E-state index contributed by atoms with van der Waals surface area (Å²) in [6.45, 7) is 8.13. The lowest BCUT2D eigenvalue weighted by Gasteiger charge is -2.34. The molecule has 0 bridgehead atoms. The van der Waals surface area contributed by atoms with Gasteiger partial charge in [0, 0.05) is 63.0 Å². The fraction of sp³-hybridized carbons (Fsp3) is 0.391. The molecule has 5 rings (SSSR count). The zero-order valence-electron chi connectivity index (χ0n) is 18.3. The molecule has 1 aliphatic rings. The van der Waals surface area contributed by atoms with Crippen molar-refractivity contribution >= 4 is 33.1 Å². The van der Waals surface area contributed by atoms with Crippen LogP contribution >= 0.6 is 11.3 Å². The van der Waals surface area contributed by atoms with Crippen LogP contribution < -0.4 is 5.56 Å². The van der Waals surface area contributed by atoms with Crippen molar-refractivity contribution in [2.75, 3.05) is 26.2 Å². The van der Waals surface area contributed by atoms with E-state index in [9.17, 15) is 9.59 Å². The van der Waals surface area contributed by atoms with Crippen LogP contribution in [-0.2, 0) is 17.9 Å². The highest BCUT2D eigenvalue weighted by atomic mass is 32.1. The van der Waals surface area contributed by atoms with Crippen molar-refractivity contribution < 1.29 is 4.79 Å². The number of thiophene rings is 1. The van der Waals surface area contributed by atoms with Gasteiger partial charge in [0.25, 0.3) is 5.56 Å². The molecule has 32 heavy (non-hydrogen) atoms. The molecular formula is C23H26N6O2S. The normalized spacial score (nSPS) is 15.1. The molecule has 1 fully saturated rings. The molecule has 0 spiro atoms. The summed E-state index contributed by atoms with van der Waals surface area (Å²) in [6, 6.07) is 5.98. The average molecular weight is 451 g/mol. The number of nitrogens with zero attached hydrogens (tertiary/aromatic N) is 6. The summed E-state index contributed by atoms with van der Waals surface area (Å²) in [7, 11) is 0. The molecule has 0 atom stereocenters. The number of rotatable bonds is 5. The van der Waals surface area contributed by atoms with E-state index in [1.165, 1.54) is 0 Å². The first-order valence-electron chi connectivity index (χ1n) is 10.9. The van der Waals surface area contributed by atoms with E-state index < -0.39 is 0 Å². The number of fused-ring (bicyclic) bond motifs is 2. The third-order valence-electron chi connectivity index (χ3n) is 6.25. The third kappa shape index (κ3) is 3.93. The minimum atomic E-state index is -0.0538. The molecule has 1 amide bonds. The molecule has 0 unspecified atom stereocenters. The molecule has 166 valence electrons. The number of pyridine rings is 1. The Balaban J connectivity index is 1.16. The van der Waals surface area contributed by atoms with Crippen LogP contribution in [0.1, 0.15) is 22.6 Å². The van der Waals surface area contributed by atoms with E-state index in [0.29, 0.717) is 31.4 Å². The van der Waals surface area contributed by atoms with Crippen molar-refractivity contribution in [1.82, 2.24) is 28.7 Å². The number of hydrogen-bond donors (Lipinski definition) is 0. The monoisotopic (exact) mass is 450 g/mol. The van der Waals surface area contributed by atoms with Crippen molar-refractivity contribution in [3.63, 3.8) is 0 Å². The predicted octanol–water partition coefficient (Wildman–Crippen LogP) is 2.46. The Hall–Kier alpha value is -3.04. The molecule has 1 aliphatic heterocycles. The highest BCUT2D eigenvalue weighted by Gasteiger charge is 2.22. The Bertz CT molecular complexity index is 1310. The molecule has 4 aromatic heterocycles. The van der Waals surface area contributed by atoms with E-state index in [4.69, 9.17) is 0 Å². The van der Waals surface area contributed by atoms with Gasteiger partial charge >= 0.3 is 0 Å². The van der Waals surface area contributed by atoms with Crippen LogP contribution in [0.25, 0.3) is 15.9 Å². The Morgan fingerprint density at radius 1 is 1.16 bits per heavy atom. The van der Waals surface area contributed by atoms with Gasteiger partial charge in [0.1, 0.15) is 10.5 Å². The molecule has 8 nitrogen and oxygen atoms in total. The smallest absolute Gasteiger partial charge is 0.262 e. The largest absolute Gasteiger partial charge is 0.340 e. The van der Waals surface area contributed by atoms with Gasteiger partial charge in [0.2, 0.25) is 5.91 Å². The van der Waals surface area contributed by atoms with Crippen molar-refractivity contribution in [3.8, 4) is 0 Å². The second-order valence-corrected chi connectivity index (χ2v) is 9.51. The number of carbonyl (C=O) groups excluding carboxylic acids is 1. The summed E-state index contributed by atoms with van der Waals surface area (Å²) in [5, 5.41) is 0.683. The highest BCUT2D eigenvalue weighted by molar-refractivity contribution is 7.18. The van der Waals surface area contributed by atoms with Crippen molar-refractivity contribution in [2.45, 2.75) is 33.4 Å². The second-order valence-electron chi connectivity index (χ2n) is 8.31. The number of carbonyl (C=O) groups is 1. The van der Waals surface area contributed by atoms with E-state index >= 15 is 0 Å². The van der Waals surface area contributed by atoms with Crippen molar-refractivity contribution in [2.24, 2.45) is 0 Å². The van der Waals surface area contributed by atoms with Gasteiger partial charge in [-0.05, 0) is 31.5 Å². The Morgan fingerprint density at radius 3 is 2.75 bits per heavy atom. The summed E-state index contributed by atoms with van der Waals surface area (Å²) in [5.41, 5.74) is 2.93. The summed E-state index contributed by atoms with van der Waals surface area (Å²) in [4.78, 5) is 40.8. The maximum absolute atomic E-state index is 12.8. The number of aromatic nitrogens is 4. The lowest BCUT2D eigenvalue weighted by atomic mass is 10.2. The molecule has 0 saturated carbocycles. The van der Waals surface area contributed by atoms with Crippen molar-refractivity contribution in [3.05, 3.63) is 63.4 Å². The van der Waals surface area contributed by atoms with Crippen LogP contribution in [0, 0.1) is 13.8 Å². The number of imidazole rings is 1. The average Bonchev–Trinajstić information content (AvgIpc) is 3.33. The lowest BCUT2D eigenvalue weighted by molar-refractivity contribution is -0.133. The molecule has 0 N–H and O–H groups in total. The number of aryl methyl sites for hydroxylation is 3. The minimum absolute atomic E-state index is 0.0538. The number of amides is 1. The SMILES string of the molecule is Cc1sc2ncn(CCC(=O)N3CCN(Cc4cn5ccccc5n4)CC3)c(=O)c2c1C. The van der Waals surface area contributed by atoms with Gasteiger partial charge in [-0.15, -0.1) is 11.3 Å². The molecule has 4 aromatic rings. The molecule has 0 aliphatic carbocycles. The molecular weight excluding hydrogens is 424 g/mol. The van der Waals surface area contributed by atoms with Crippen LogP contribution in [0.15, 0.2) is 41.7 Å². The first-order valence-corrected chi connectivity index (χ1v) is 11.7. The summed E-state index contributed by atoms with van der Waals surface area (Å²) >= 11 is 1.54. The first-order chi connectivity index (χ1) is 15.5. The zero-order valence-corrected chi connectivity index (χ0v) is 19.1. The van der Waals surface area contributed by atoms with Gasteiger partial charge in [0.15, 0.2) is 0 Å². The Kier molecular flexibility index (Phi) is 5.52. The van der Waals surface area contributed by atoms with Crippen LogP contribution in [0.3, 0.4) is 0 Å². The molecule has 5 heterocycles. The maximum atomic E-state index is 12.8. The molecule has 1 saturated heterocycles. The molecule has 0 aromatic carbocycles. The van der Waals surface area contributed by atoms with E-state index in [1.807, 2.05) is 47.5 Å². The number of hydrogen-bond acceptors (Lipinski definition) is 6. The lowest BCUT2D eigenvalue weighted by Crippen LogP contribution is -2.48. The fourth-order valence-corrected chi connectivity index (χ4v) is 5.24. The maximum Gasteiger partial charge on any atom is 0.262 e. The number of piperazine rings is 1. The summed E-state index contributed by atoms with van der Waals surface area (Å²) < 4.78 is 3.60. The van der Waals surface area contributed by atoms with Gasteiger partial charge in [-0.2, -0.15) is 0 Å². The van der Waals surface area contributed by atoms with Crippen LogP contribution in [0.2, 0.25) is 0 Å². The van der Waals surface area contributed by atoms with Crippen LogP contribution in [0.5, 0.6) is 0 Å². The standard InChI is InChI=1S/C23H26N6O2S/c1-16-17(2)32-22-21(16)23(31)29(15-24-22)8-6-20(30)27-11-9-26(10-12-27)13-18-14-28-7-4-3-5-19(28)25-18/h3-5,7,14-15H,6,8-13H2,1-2H3. The summed E-state index contributed by atoms with van der Waals surface area (Å²) in [5.74, 6) is 0.0857. The quantitative estimate of drug-likeness (QED) is 0.467. The van der Waals surface area contributed by atoms with E-state index in [2.05, 4.69) is 21.1 Å². The Morgan fingerprint density at radius 2 is 1.97 bits per heavy atom. The van der Waals surface area contributed by atoms with Crippen molar-refractivity contribution in [1.29, 1.82) is 0 Å². The Labute approximate surface area is 189 Å². The topological polar surface area (TPSA) is 75.7 Å². The van der Waals surface area contributed by atoms with E-state index in [1.54, 1.807) is 22.2 Å². The molecule has 0 radical (unpaired) electrons. The van der Waals surface area contributed by atoms with Gasteiger partial charge in [-0.25, -0.2) is 9.97 Å². The van der Waals surface area contributed by atoms with Gasteiger partial charge in [-0.3, -0.25) is 19.1 Å². The second kappa shape index (κ2) is 8.48. The molecule has 9 heteroatoms. The van der Waals surface area contributed by atoms with Gasteiger partial charge in [0.05, 0.1) is 17.4 Å². The van der Waals surface area contributed by atoms with E-state index in [-0.39, 0.29) is 11.5 Å². The van der Waals surface area contributed by atoms with Gasteiger partial charge < -0.3 is 9.30 Å². The minimum Gasteiger partial charge on any atom is -0.340 e. The first kappa shape index (κ1) is 20.8. The zero-order chi connectivity index (χ0) is 22.2. The van der Waals surface area contributed by atoms with Gasteiger partial charge in [-0.1, -0.05) is 6.07 Å². The fourth-order valence-electron chi connectivity index (χ4n) is 4.25. The van der Waals surface area contributed by atoms with E-state index in [0.717, 1.165) is 46.2 Å². The summed E-state index contributed by atoms with van der Waals surface area (Å²) in [6.07, 6.45) is 5.94.